The van der Waals surface area contributed by atoms with Crippen molar-refractivity contribution in [3.63, 3.8) is 0 Å². The van der Waals surface area contributed by atoms with Gasteiger partial charge >= 0.3 is 0 Å². The van der Waals surface area contributed by atoms with Crippen LogP contribution in [0.1, 0.15) is 10.4 Å². The Hall–Kier alpha value is -3.61. The number of nitrogens with one attached hydrogen (secondary N) is 1. The first-order valence-electron chi connectivity index (χ1n) is 7.30. The summed E-state index contributed by atoms with van der Waals surface area (Å²) >= 11 is 0. The van der Waals surface area contributed by atoms with Gasteiger partial charge in [0.15, 0.2) is 0 Å². The molecule has 0 aliphatic carbocycles. The Labute approximate surface area is 137 Å². The summed E-state index contributed by atoms with van der Waals surface area (Å²) in [5.74, 6) is -0.177. The molecule has 0 saturated carbocycles. The highest BCUT2D eigenvalue weighted by Gasteiger charge is 2.10. The van der Waals surface area contributed by atoms with Crippen LogP contribution in [-0.2, 0) is 0 Å². The van der Waals surface area contributed by atoms with Gasteiger partial charge in [0.1, 0.15) is 6.33 Å². The van der Waals surface area contributed by atoms with Crippen LogP contribution in [-0.4, -0.2) is 31.1 Å². The molecule has 0 saturated heterocycles. The summed E-state index contributed by atoms with van der Waals surface area (Å²) in [5.41, 5.74) is 2.88. The lowest BCUT2D eigenvalue weighted by molar-refractivity contribution is 0.102. The fourth-order valence-corrected chi connectivity index (χ4v) is 2.48. The topological polar surface area (TPSA) is 85.6 Å². The molecule has 0 bridgehead atoms. The summed E-state index contributed by atoms with van der Waals surface area (Å²) < 4.78 is 1.54. The highest BCUT2D eigenvalue weighted by atomic mass is 16.1. The molecule has 0 aliphatic heterocycles. The molecule has 0 atom stereocenters. The van der Waals surface area contributed by atoms with Crippen LogP contribution >= 0.6 is 0 Å². The van der Waals surface area contributed by atoms with Gasteiger partial charge in [-0.3, -0.25) is 9.78 Å². The molecule has 0 fully saturated rings. The maximum atomic E-state index is 12.6. The minimum absolute atomic E-state index is 0.177. The van der Waals surface area contributed by atoms with Gasteiger partial charge in [0.2, 0.25) is 0 Å². The van der Waals surface area contributed by atoms with Crippen molar-refractivity contribution >= 4 is 22.5 Å². The van der Waals surface area contributed by atoms with Crippen LogP contribution in [0.15, 0.2) is 67.1 Å². The SMILES string of the molecule is O=C(Nc1ccc(-n2cnnn2)cc1)c1cccc2ncccc12. The Balaban J connectivity index is 1.59. The lowest BCUT2D eigenvalue weighted by Crippen LogP contribution is -2.12. The van der Waals surface area contributed by atoms with Crippen molar-refractivity contribution in [1.82, 2.24) is 25.2 Å². The molecule has 0 aliphatic rings. The molecular weight excluding hydrogens is 304 g/mol. The molecule has 4 aromatic rings. The van der Waals surface area contributed by atoms with Gasteiger partial charge in [-0.2, -0.15) is 0 Å². The number of anilines is 1. The number of carbonyl (C=O) groups is 1. The number of carbonyl (C=O) groups excluding carboxylic acids is 1. The van der Waals surface area contributed by atoms with Gasteiger partial charge in [-0.05, 0) is 52.9 Å². The second-order valence-electron chi connectivity index (χ2n) is 5.13. The minimum Gasteiger partial charge on any atom is -0.322 e. The number of benzene rings is 2. The minimum atomic E-state index is -0.177. The summed E-state index contributed by atoms with van der Waals surface area (Å²) in [7, 11) is 0. The van der Waals surface area contributed by atoms with Crippen LogP contribution in [0.5, 0.6) is 0 Å². The van der Waals surface area contributed by atoms with E-state index in [9.17, 15) is 4.79 Å². The van der Waals surface area contributed by atoms with Gasteiger partial charge in [0.25, 0.3) is 5.91 Å². The van der Waals surface area contributed by atoms with Gasteiger partial charge in [0, 0.05) is 22.8 Å². The standard InChI is InChI=1S/C17H12N6O/c24-17(15-3-1-5-16-14(15)4-2-10-18-16)20-12-6-8-13(9-7-12)23-11-19-21-22-23/h1-11H,(H,20,24). The van der Waals surface area contributed by atoms with E-state index < -0.39 is 0 Å². The van der Waals surface area contributed by atoms with E-state index in [0.717, 1.165) is 16.6 Å². The third-order valence-electron chi connectivity index (χ3n) is 3.63. The monoisotopic (exact) mass is 316 g/mol. The molecule has 2 aromatic heterocycles. The Morgan fingerprint density at radius 1 is 1.00 bits per heavy atom. The van der Waals surface area contributed by atoms with Crippen LogP contribution in [0.2, 0.25) is 0 Å². The second kappa shape index (κ2) is 5.88. The first-order valence-corrected chi connectivity index (χ1v) is 7.30. The lowest BCUT2D eigenvalue weighted by atomic mass is 10.1. The highest BCUT2D eigenvalue weighted by molar-refractivity contribution is 6.12. The van der Waals surface area contributed by atoms with E-state index in [1.54, 1.807) is 29.1 Å². The Morgan fingerprint density at radius 2 is 1.88 bits per heavy atom. The molecule has 0 radical (unpaired) electrons. The first kappa shape index (κ1) is 14.0. The van der Waals surface area contributed by atoms with Crippen molar-refractivity contribution in [2.24, 2.45) is 0 Å². The second-order valence-corrected chi connectivity index (χ2v) is 5.13. The first-order chi connectivity index (χ1) is 11.8. The number of pyridine rings is 1. The fourth-order valence-electron chi connectivity index (χ4n) is 2.48. The molecule has 4 rings (SSSR count). The van der Waals surface area contributed by atoms with Gasteiger partial charge < -0.3 is 5.32 Å². The molecule has 116 valence electrons. The smallest absolute Gasteiger partial charge is 0.256 e. The average Bonchev–Trinajstić information content (AvgIpc) is 3.16. The van der Waals surface area contributed by atoms with Crippen molar-refractivity contribution in [3.8, 4) is 5.69 Å². The normalized spacial score (nSPS) is 10.7. The predicted octanol–water partition coefficient (Wildman–Crippen LogP) is 2.46. The molecular formula is C17H12N6O. The molecule has 7 heteroatoms. The number of hydrogen-bond acceptors (Lipinski definition) is 5. The van der Waals surface area contributed by atoms with E-state index in [2.05, 4.69) is 25.8 Å². The highest BCUT2D eigenvalue weighted by Crippen LogP contribution is 2.19. The predicted molar refractivity (Wildman–Crippen MR) is 88.9 cm³/mol. The largest absolute Gasteiger partial charge is 0.322 e. The Kier molecular flexibility index (Phi) is 3.43. The van der Waals surface area contributed by atoms with E-state index in [1.165, 1.54) is 6.33 Å². The Morgan fingerprint density at radius 3 is 2.67 bits per heavy atom. The molecule has 24 heavy (non-hydrogen) atoms. The number of amides is 1. The number of aromatic nitrogens is 5. The third kappa shape index (κ3) is 2.58. The van der Waals surface area contributed by atoms with E-state index in [4.69, 9.17) is 0 Å². The van der Waals surface area contributed by atoms with E-state index in [1.807, 2.05) is 36.4 Å². The average molecular weight is 316 g/mol. The quantitative estimate of drug-likeness (QED) is 0.627. The molecule has 0 spiro atoms. The summed E-state index contributed by atoms with van der Waals surface area (Å²) in [6.07, 6.45) is 3.22. The van der Waals surface area contributed by atoms with Crippen LogP contribution in [0, 0.1) is 0 Å². The zero-order chi connectivity index (χ0) is 16.4. The molecule has 1 amide bonds. The van der Waals surface area contributed by atoms with Gasteiger partial charge in [-0.25, -0.2) is 4.68 Å². The van der Waals surface area contributed by atoms with Gasteiger partial charge in [0.05, 0.1) is 11.2 Å². The Bertz CT molecular complexity index is 990. The summed E-state index contributed by atoms with van der Waals surface area (Å²) in [6, 6.07) is 16.5. The molecule has 7 nitrogen and oxygen atoms in total. The summed E-state index contributed by atoms with van der Waals surface area (Å²) in [5, 5.41) is 14.7. The van der Waals surface area contributed by atoms with Crippen molar-refractivity contribution in [2.45, 2.75) is 0 Å². The van der Waals surface area contributed by atoms with Crippen LogP contribution in [0.25, 0.3) is 16.6 Å². The summed E-state index contributed by atoms with van der Waals surface area (Å²) in [4.78, 5) is 16.8. The fraction of sp³-hybridized carbons (Fsp3) is 0. The van der Waals surface area contributed by atoms with Gasteiger partial charge in [-0.1, -0.05) is 12.1 Å². The zero-order valence-electron chi connectivity index (χ0n) is 12.5. The summed E-state index contributed by atoms with van der Waals surface area (Å²) in [6.45, 7) is 0. The number of nitrogens with zero attached hydrogens (tertiary/aromatic N) is 5. The van der Waals surface area contributed by atoms with E-state index in [0.29, 0.717) is 11.3 Å². The number of hydrogen-bond donors (Lipinski definition) is 1. The van der Waals surface area contributed by atoms with E-state index in [-0.39, 0.29) is 5.91 Å². The van der Waals surface area contributed by atoms with Crippen LogP contribution in [0.3, 0.4) is 0 Å². The molecule has 0 unspecified atom stereocenters. The number of rotatable bonds is 3. The molecule has 2 heterocycles. The molecule has 1 N–H and O–H groups in total. The van der Waals surface area contributed by atoms with Crippen LogP contribution in [0.4, 0.5) is 5.69 Å². The van der Waals surface area contributed by atoms with Crippen molar-refractivity contribution in [1.29, 1.82) is 0 Å². The third-order valence-corrected chi connectivity index (χ3v) is 3.63. The maximum Gasteiger partial charge on any atom is 0.256 e. The van der Waals surface area contributed by atoms with Crippen molar-refractivity contribution in [2.75, 3.05) is 5.32 Å². The lowest BCUT2D eigenvalue weighted by Gasteiger charge is -2.08. The number of fused-ring (bicyclic) bond motifs is 1. The number of tetrazole rings is 1. The maximum absolute atomic E-state index is 12.6. The molecule has 2 aromatic carbocycles. The van der Waals surface area contributed by atoms with E-state index >= 15 is 0 Å². The zero-order valence-corrected chi connectivity index (χ0v) is 12.5. The van der Waals surface area contributed by atoms with Gasteiger partial charge in [-0.15, -0.1) is 5.10 Å². The van der Waals surface area contributed by atoms with Crippen LogP contribution < -0.4 is 5.32 Å². The van der Waals surface area contributed by atoms with Crippen molar-refractivity contribution in [3.05, 3.63) is 72.7 Å². The van der Waals surface area contributed by atoms with Crippen molar-refractivity contribution < 1.29 is 4.79 Å².